The number of hydrogen-bond acceptors (Lipinski definition) is 4. The Hall–Kier alpha value is -1.43. The molecule has 0 fully saturated rings. The van der Waals surface area contributed by atoms with Gasteiger partial charge in [0.15, 0.2) is 0 Å². The molecule has 102 valence electrons. The monoisotopic (exact) mass is 381 g/mol. The van der Waals surface area contributed by atoms with Crippen LogP contribution in [0.1, 0.15) is 18.1 Å². The van der Waals surface area contributed by atoms with Crippen LogP contribution < -0.4 is 4.74 Å². The van der Waals surface area contributed by atoms with Crippen molar-refractivity contribution in [3.05, 3.63) is 26.8 Å². The van der Waals surface area contributed by atoms with Gasteiger partial charge in [0.05, 0.1) is 18.6 Å². The van der Waals surface area contributed by atoms with Gasteiger partial charge < -0.3 is 9.47 Å². The predicted octanol–water partition coefficient (Wildman–Crippen LogP) is 2.87. The number of alkyl halides is 2. The zero-order chi connectivity index (χ0) is 14.4. The summed E-state index contributed by atoms with van der Waals surface area (Å²) in [4.78, 5) is 11.4. The van der Waals surface area contributed by atoms with E-state index in [1.54, 1.807) is 6.92 Å². The van der Waals surface area contributed by atoms with Gasteiger partial charge in [-0.05, 0) is 41.6 Å². The fraction of sp³-hybridized carbons (Fsp3) is 0.333. The lowest BCUT2D eigenvalue weighted by Crippen LogP contribution is -2.11. The molecule has 0 spiro atoms. The number of benzene rings is 1. The number of halogens is 3. The largest absolute Gasteiger partial charge is 0.466 e. The van der Waals surface area contributed by atoms with Gasteiger partial charge in [-0.3, -0.25) is 4.79 Å². The van der Waals surface area contributed by atoms with Crippen molar-refractivity contribution in [3.63, 3.8) is 0 Å². The molecule has 1 aromatic rings. The fourth-order valence-corrected chi connectivity index (χ4v) is 2.04. The minimum Gasteiger partial charge on any atom is -0.466 e. The molecule has 0 amide bonds. The van der Waals surface area contributed by atoms with Crippen molar-refractivity contribution in [2.75, 3.05) is 6.61 Å². The zero-order valence-electron chi connectivity index (χ0n) is 9.95. The van der Waals surface area contributed by atoms with Gasteiger partial charge in [-0.25, -0.2) is 0 Å². The molecule has 0 aliphatic carbocycles. The van der Waals surface area contributed by atoms with Crippen LogP contribution in [0.4, 0.5) is 8.78 Å². The number of hydrogen-bond donors (Lipinski definition) is 0. The maximum atomic E-state index is 12.3. The van der Waals surface area contributed by atoms with E-state index in [4.69, 9.17) is 10.00 Å². The topological polar surface area (TPSA) is 59.3 Å². The van der Waals surface area contributed by atoms with Crippen molar-refractivity contribution in [1.29, 1.82) is 5.26 Å². The molecule has 0 heterocycles. The predicted molar refractivity (Wildman–Crippen MR) is 70.8 cm³/mol. The first-order chi connectivity index (χ1) is 8.97. The summed E-state index contributed by atoms with van der Waals surface area (Å²) >= 11 is 1.89. The SMILES string of the molecule is CCOC(=O)Cc1cc(I)c(C#N)cc1OC(F)F. The molecule has 0 saturated carbocycles. The number of carbonyl (C=O) groups excluding carboxylic acids is 1. The molecule has 0 radical (unpaired) electrons. The third-order valence-corrected chi connectivity index (χ3v) is 3.02. The van der Waals surface area contributed by atoms with Crippen molar-refractivity contribution in [2.24, 2.45) is 0 Å². The van der Waals surface area contributed by atoms with E-state index in [1.165, 1.54) is 12.1 Å². The molecule has 0 unspecified atom stereocenters. The standard InChI is InChI=1S/C12H10F2INO3/c1-2-18-11(17)5-7-3-9(15)8(6-16)4-10(7)19-12(13)14/h3-4,12H,2,5H2,1H3. The van der Waals surface area contributed by atoms with E-state index in [-0.39, 0.29) is 29.9 Å². The lowest BCUT2D eigenvalue weighted by Gasteiger charge is -2.11. The quantitative estimate of drug-likeness (QED) is 0.582. The van der Waals surface area contributed by atoms with Crippen LogP contribution in [0.5, 0.6) is 5.75 Å². The van der Waals surface area contributed by atoms with E-state index in [0.29, 0.717) is 3.57 Å². The van der Waals surface area contributed by atoms with Gasteiger partial charge in [-0.2, -0.15) is 14.0 Å². The van der Waals surface area contributed by atoms with Gasteiger partial charge in [0.2, 0.25) is 0 Å². The highest BCUT2D eigenvalue weighted by atomic mass is 127. The summed E-state index contributed by atoms with van der Waals surface area (Å²) < 4.78 is 34.2. The number of nitrogens with zero attached hydrogens (tertiary/aromatic N) is 1. The smallest absolute Gasteiger partial charge is 0.387 e. The lowest BCUT2D eigenvalue weighted by molar-refractivity contribution is -0.142. The molecule has 0 bridgehead atoms. The van der Waals surface area contributed by atoms with Crippen molar-refractivity contribution in [2.45, 2.75) is 20.0 Å². The van der Waals surface area contributed by atoms with E-state index >= 15 is 0 Å². The maximum absolute atomic E-state index is 12.3. The van der Waals surface area contributed by atoms with E-state index in [1.807, 2.05) is 28.7 Å². The van der Waals surface area contributed by atoms with Crippen LogP contribution in [-0.2, 0) is 16.0 Å². The van der Waals surface area contributed by atoms with Gasteiger partial charge in [0.1, 0.15) is 11.8 Å². The van der Waals surface area contributed by atoms with Crippen molar-refractivity contribution in [3.8, 4) is 11.8 Å². The van der Waals surface area contributed by atoms with Gasteiger partial charge in [-0.15, -0.1) is 0 Å². The number of carbonyl (C=O) groups is 1. The average Bonchev–Trinajstić information content (AvgIpc) is 2.32. The van der Waals surface area contributed by atoms with Crippen LogP contribution in [0.2, 0.25) is 0 Å². The summed E-state index contributed by atoms with van der Waals surface area (Å²) in [6.07, 6.45) is -0.183. The summed E-state index contributed by atoms with van der Waals surface area (Å²) in [7, 11) is 0. The average molecular weight is 381 g/mol. The lowest BCUT2D eigenvalue weighted by atomic mass is 10.1. The molecule has 7 heteroatoms. The summed E-state index contributed by atoms with van der Waals surface area (Å²) in [6.45, 7) is -1.17. The first-order valence-electron chi connectivity index (χ1n) is 5.30. The molecule has 1 rings (SSSR count). The highest BCUT2D eigenvalue weighted by molar-refractivity contribution is 14.1. The number of rotatable bonds is 5. The Morgan fingerprint density at radius 2 is 2.21 bits per heavy atom. The van der Waals surface area contributed by atoms with Crippen LogP contribution in [0.15, 0.2) is 12.1 Å². The number of ether oxygens (including phenoxy) is 2. The molecule has 4 nitrogen and oxygen atoms in total. The zero-order valence-corrected chi connectivity index (χ0v) is 12.1. The van der Waals surface area contributed by atoms with Crippen LogP contribution in [0.3, 0.4) is 0 Å². The number of esters is 1. The van der Waals surface area contributed by atoms with E-state index in [9.17, 15) is 13.6 Å². The maximum Gasteiger partial charge on any atom is 0.387 e. The Morgan fingerprint density at radius 3 is 2.74 bits per heavy atom. The van der Waals surface area contributed by atoms with Crippen LogP contribution >= 0.6 is 22.6 Å². The molecule has 0 aromatic heterocycles. The molecular formula is C12H10F2INO3. The summed E-state index contributed by atoms with van der Waals surface area (Å²) in [5.74, 6) is -0.720. The molecule has 0 aliphatic heterocycles. The Morgan fingerprint density at radius 1 is 1.53 bits per heavy atom. The summed E-state index contributed by atoms with van der Waals surface area (Å²) in [5.41, 5.74) is 0.478. The molecule has 19 heavy (non-hydrogen) atoms. The van der Waals surface area contributed by atoms with E-state index < -0.39 is 12.6 Å². The Bertz CT molecular complexity index is 514. The minimum absolute atomic E-state index is 0.181. The normalized spacial score (nSPS) is 10.1. The van der Waals surface area contributed by atoms with Crippen molar-refractivity contribution < 1.29 is 23.0 Å². The van der Waals surface area contributed by atoms with Crippen LogP contribution in [0, 0.1) is 14.9 Å². The Kier molecular flexibility index (Phi) is 5.95. The Balaban J connectivity index is 3.10. The molecule has 0 N–H and O–H groups in total. The van der Waals surface area contributed by atoms with Gasteiger partial charge in [0, 0.05) is 9.13 Å². The van der Waals surface area contributed by atoms with E-state index in [2.05, 4.69) is 4.74 Å². The highest BCUT2D eigenvalue weighted by Gasteiger charge is 2.16. The molecular weight excluding hydrogens is 371 g/mol. The second-order valence-electron chi connectivity index (χ2n) is 3.41. The molecule has 0 aliphatic rings. The summed E-state index contributed by atoms with van der Waals surface area (Å²) in [6, 6.07) is 4.53. The highest BCUT2D eigenvalue weighted by Crippen LogP contribution is 2.27. The van der Waals surface area contributed by atoms with E-state index in [0.717, 1.165) is 0 Å². The van der Waals surface area contributed by atoms with Gasteiger partial charge >= 0.3 is 12.6 Å². The third kappa shape index (κ3) is 4.63. The van der Waals surface area contributed by atoms with Crippen molar-refractivity contribution in [1.82, 2.24) is 0 Å². The molecule has 1 aromatic carbocycles. The first kappa shape index (κ1) is 15.6. The molecule has 0 saturated heterocycles. The second-order valence-corrected chi connectivity index (χ2v) is 4.57. The minimum atomic E-state index is -3.02. The van der Waals surface area contributed by atoms with Gasteiger partial charge in [-0.1, -0.05) is 0 Å². The van der Waals surface area contributed by atoms with Crippen LogP contribution in [0.25, 0.3) is 0 Å². The Labute approximate surface area is 122 Å². The van der Waals surface area contributed by atoms with Crippen LogP contribution in [-0.4, -0.2) is 19.2 Å². The first-order valence-corrected chi connectivity index (χ1v) is 6.38. The molecule has 0 atom stereocenters. The summed E-state index contributed by atoms with van der Waals surface area (Å²) in [5, 5.41) is 8.84. The third-order valence-electron chi connectivity index (χ3n) is 2.13. The van der Waals surface area contributed by atoms with Gasteiger partial charge in [0.25, 0.3) is 0 Å². The van der Waals surface area contributed by atoms with Crippen molar-refractivity contribution >= 4 is 28.6 Å². The number of nitriles is 1. The fourth-order valence-electron chi connectivity index (χ4n) is 1.39. The second kappa shape index (κ2) is 7.23.